The number of aromatic amines is 1. The average Bonchev–Trinajstić information content (AvgIpc) is 2.92. The monoisotopic (exact) mass is 365 g/mol. The summed E-state index contributed by atoms with van der Waals surface area (Å²) in [7, 11) is 0. The summed E-state index contributed by atoms with van der Waals surface area (Å²) in [5.41, 5.74) is -1.88. The van der Waals surface area contributed by atoms with Crippen LogP contribution in [0.25, 0.3) is 5.69 Å². The van der Waals surface area contributed by atoms with Crippen molar-refractivity contribution in [2.75, 3.05) is 0 Å². The van der Waals surface area contributed by atoms with Crippen molar-refractivity contribution in [3.05, 3.63) is 81.2 Å². The number of H-pyrrole nitrogens is 1. The Labute approximate surface area is 145 Å². The number of rotatable bonds is 3. The predicted molar refractivity (Wildman–Crippen MR) is 90.1 cm³/mol. The normalized spacial score (nSPS) is 12.0. The largest absolute Gasteiger partial charge is 0.433 e. The second kappa shape index (κ2) is 6.60. The zero-order chi connectivity index (χ0) is 18.0. The Balaban J connectivity index is 2.10. The quantitative estimate of drug-likeness (QED) is 0.678. The van der Waals surface area contributed by atoms with Gasteiger partial charge in [0.2, 0.25) is 0 Å². The number of aliphatic imine (C=N–C) groups is 1. The number of aromatic nitrogens is 2. The van der Waals surface area contributed by atoms with Gasteiger partial charge in [-0.3, -0.25) is 14.9 Å². The lowest BCUT2D eigenvalue weighted by Crippen LogP contribution is -2.17. The minimum Gasteiger partial charge on any atom is -0.286 e. The molecule has 0 aliphatic heterocycles. The highest BCUT2D eigenvalue weighted by Crippen LogP contribution is 2.29. The molecule has 0 spiro atoms. The molecule has 1 heterocycles. The molecule has 0 unspecified atom stereocenters. The average molecular weight is 366 g/mol. The molecule has 0 fully saturated rings. The topological polar surface area (TPSA) is 50.1 Å². The van der Waals surface area contributed by atoms with E-state index >= 15 is 0 Å². The number of alkyl halides is 3. The van der Waals surface area contributed by atoms with E-state index in [0.29, 0.717) is 16.4 Å². The number of hydrogen-bond acceptors (Lipinski definition) is 2. The third-order valence-corrected chi connectivity index (χ3v) is 3.65. The number of halogens is 4. The Hall–Kier alpha value is -2.80. The molecule has 0 aliphatic carbocycles. The standard InChI is InChI=1S/C17H11ClF3N3O/c18-11-6-8-12(9-7-11)22-10-14-15(17(19,20)21)23-24(16(14)25)13-4-2-1-3-5-13/h1-10,23H. The Morgan fingerprint density at radius 2 is 1.68 bits per heavy atom. The molecule has 1 aromatic heterocycles. The molecule has 3 aromatic rings. The van der Waals surface area contributed by atoms with Gasteiger partial charge >= 0.3 is 6.18 Å². The third-order valence-electron chi connectivity index (χ3n) is 3.39. The maximum atomic E-state index is 13.3. The summed E-state index contributed by atoms with van der Waals surface area (Å²) in [6, 6.07) is 14.2. The lowest BCUT2D eigenvalue weighted by atomic mass is 10.2. The van der Waals surface area contributed by atoms with Gasteiger partial charge in [0.1, 0.15) is 0 Å². The fourth-order valence-corrected chi connectivity index (χ4v) is 2.34. The van der Waals surface area contributed by atoms with Crippen molar-refractivity contribution in [1.29, 1.82) is 0 Å². The van der Waals surface area contributed by atoms with Crippen LogP contribution in [0.1, 0.15) is 11.3 Å². The van der Waals surface area contributed by atoms with Gasteiger partial charge in [-0.15, -0.1) is 0 Å². The summed E-state index contributed by atoms with van der Waals surface area (Å²) in [6.45, 7) is 0. The first-order chi connectivity index (χ1) is 11.9. The SMILES string of the molecule is O=c1c(C=Nc2ccc(Cl)cc2)c(C(F)(F)F)[nH]n1-c1ccccc1. The summed E-state index contributed by atoms with van der Waals surface area (Å²) in [4.78, 5) is 16.4. The van der Waals surface area contributed by atoms with Gasteiger partial charge in [-0.1, -0.05) is 29.8 Å². The fourth-order valence-electron chi connectivity index (χ4n) is 2.21. The van der Waals surface area contributed by atoms with Crippen molar-refractivity contribution < 1.29 is 13.2 Å². The molecule has 0 radical (unpaired) electrons. The zero-order valence-electron chi connectivity index (χ0n) is 12.6. The van der Waals surface area contributed by atoms with Crippen LogP contribution in [-0.4, -0.2) is 16.0 Å². The van der Waals surface area contributed by atoms with Gasteiger partial charge in [-0.25, -0.2) is 4.68 Å². The van der Waals surface area contributed by atoms with E-state index in [2.05, 4.69) is 10.1 Å². The molecule has 1 N–H and O–H groups in total. The zero-order valence-corrected chi connectivity index (χ0v) is 13.3. The van der Waals surface area contributed by atoms with Crippen LogP contribution in [0.5, 0.6) is 0 Å². The molecular weight excluding hydrogens is 355 g/mol. The van der Waals surface area contributed by atoms with Gasteiger partial charge in [0, 0.05) is 11.2 Å². The van der Waals surface area contributed by atoms with E-state index in [9.17, 15) is 18.0 Å². The van der Waals surface area contributed by atoms with E-state index in [0.717, 1.165) is 10.9 Å². The van der Waals surface area contributed by atoms with Crippen LogP contribution in [0.15, 0.2) is 64.4 Å². The molecule has 25 heavy (non-hydrogen) atoms. The van der Waals surface area contributed by atoms with Crippen LogP contribution in [0.4, 0.5) is 18.9 Å². The van der Waals surface area contributed by atoms with Crippen LogP contribution in [0.3, 0.4) is 0 Å². The van der Waals surface area contributed by atoms with E-state index < -0.39 is 23.0 Å². The number of hydrogen-bond donors (Lipinski definition) is 1. The van der Waals surface area contributed by atoms with E-state index in [1.807, 2.05) is 0 Å². The van der Waals surface area contributed by atoms with Crippen molar-refractivity contribution in [2.45, 2.75) is 6.18 Å². The molecule has 4 nitrogen and oxygen atoms in total. The van der Waals surface area contributed by atoms with Crippen molar-refractivity contribution in [1.82, 2.24) is 9.78 Å². The molecule has 0 amide bonds. The Morgan fingerprint density at radius 1 is 1.04 bits per heavy atom. The van der Waals surface area contributed by atoms with Crippen LogP contribution >= 0.6 is 11.6 Å². The minimum absolute atomic E-state index is 0.296. The third kappa shape index (κ3) is 3.66. The van der Waals surface area contributed by atoms with E-state index in [-0.39, 0.29) is 0 Å². The minimum atomic E-state index is -4.72. The lowest BCUT2D eigenvalue weighted by Gasteiger charge is -2.04. The van der Waals surface area contributed by atoms with E-state index in [1.54, 1.807) is 30.3 Å². The highest BCUT2D eigenvalue weighted by molar-refractivity contribution is 6.30. The number of nitrogens with zero attached hydrogens (tertiary/aromatic N) is 2. The Kier molecular flexibility index (Phi) is 4.50. The summed E-state index contributed by atoms with van der Waals surface area (Å²) in [5.74, 6) is 0. The van der Waals surface area contributed by atoms with Crippen LogP contribution in [-0.2, 0) is 6.18 Å². The maximum absolute atomic E-state index is 13.3. The smallest absolute Gasteiger partial charge is 0.286 e. The highest BCUT2D eigenvalue weighted by atomic mass is 35.5. The molecule has 0 saturated heterocycles. The van der Waals surface area contributed by atoms with Crippen LogP contribution < -0.4 is 5.56 Å². The second-order valence-corrected chi connectivity index (χ2v) is 5.55. The number of benzene rings is 2. The van der Waals surface area contributed by atoms with Gasteiger partial charge in [0.05, 0.1) is 16.9 Å². The molecular formula is C17H11ClF3N3O. The molecule has 8 heteroatoms. The molecule has 128 valence electrons. The molecule has 0 bridgehead atoms. The van der Waals surface area contributed by atoms with Crippen molar-refractivity contribution in [2.24, 2.45) is 4.99 Å². The second-order valence-electron chi connectivity index (χ2n) is 5.11. The van der Waals surface area contributed by atoms with Crippen molar-refractivity contribution in [3.8, 4) is 5.69 Å². The van der Waals surface area contributed by atoms with E-state index in [4.69, 9.17) is 11.6 Å². The van der Waals surface area contributed by atoms with Gasteiger partial charge in [-0.2, -0.15) is 13.2 Å². The molecule has 0 aliphatic rings. The highest BCUT2D eigenvalue weighted by Gasteiger charge is 2.37. The fraction of sp³-hybridized carbons (Fsp3) is 0.0588. The molecule has 3 rings (SSSR count). The van der Waals surface area contributed by atoms with Gasteiger partial charge in [0.25, 0.3) is 5.56 Å². The van der Waals surface area contributed by atoms with Gasteiger partial charge in [0.15, 0.2) is 5.69 Å². The lowest BCUT2D eigenvalue weighted by molar-refractivity contribution is -0.141. The Morgan fingerprint density at radius 3 is 2.28 bits per heavy atom. The first-order valence-electron chi connectivity index (χ1n) is 7.13. The van der Waals surface area contributed by atoms with Crippen molar-refractivity contribution in [3.63, 3.8) is 0 Å². The predicted octanol–water partition coefficient (Wildman–Crippen LogP) is 4.59. The van der Waals surface area contributed by atoms with Crippen LogP contribution in [0.2, 0.25) is 5.02 Å². The summed E-state index contributed by atoms with van der Waals surface area (Å²) in [6.07, 6.45) is -3.81. The van der Waals surface area contributed by atoms with Crippen LogP contribution in [0, 0.1) is 0 Å². The van der Waals surface area contributed by atoms with Crippen molar-refractivity contribution >= 4 is 23.5 Å². The molecule has 0 atom stereocenters. The molecule has 2 aromatic carbocycles. The van der Waals surface area contributed by atoms with Gasteiger partial charge in [-0.05, 0) is 36.4 Å². The first kappa shape index (κ1) is 17.0. The van der Waals surface area contributed by atoms with E-state index in [1.165, 1.54) is 24.3 Å². The summed E-state index contributed by atoms with van der Waals surface area (Å²) >= 11 is 5.75. The van der Waals surface area contributed by atoms with Gasteiger partial charge < -0.3 is 0 Å². The number of para-hydroxylation sites is 1. The maximum Gasteiger partial charge on any atom is 0.433 e. The first-order valence-corrected chi connectivity index (χ1v) is 7.51. The Bertz CT molecular complexity index is 958. The number of nitrogens with one attached hydrogen (secondary N) is 1. The summed E-state index contributed by atoms with van der Waals surface area (Å²) in [5, 5.41) is 2.59. The summed E-state index contributed by atoms with van der Waals surface area (Å²) < 4.78 is 40.7. The molecule has 0 saturated carbocycles.